The van der Waals surface area contributed by atoms with Gasteiger partial charge in [-0.2, -0.15) is 0 Å². The first-order valence-corrected chi connectivity index (χ1v) is 7.86. The molecule has 1 heterocycles. The van der Waals surface area contributed by atoms with Crippen LogP contribution in [0.5, 0.6) is 0 Å². The van der Waals surface area contributed by atoms with Gasteiger partial charge >= 0.3 is 0 Å². The molecule has 2 aromatic rings. The van der Waals surface area contributed by atoms with Crippen LogP contribution in [0, 0.1) is 5.82 Å². The van der Waals surface area contributed by atoms with Crippen LogP contribution in [-0.4, -0.2) is 45.1 Å². The maximum atomic E-state index is 13.7. The molecule has 0 spiro atoms. The highest BCUT2D eigenvalue weighted by Crippen LogP contribution is 2.16. The Morgan fingerprint density at radius 2 is 1.92 bits per heavy atom. The van der Waals surface area contributed by atoms with Crippen molar-refractivity contribution in [2.45, 2.75) is 6.42 Å². The SMILES string of the molecule is CN(C)c1ccc(C(=O)NCCCN(C)c2ccccc2F)cn1. The van der Waals surface area contributed by atoms with E-state index in [0.29, 0.717) is 24.3 Å². The highest BCUT2D eigenvalue weighted by Gasteiger charge is 2.08. The topological polar surface area (TPSA) is 48.5 Å². The Bertz CT molecular complexity index is 673. The third-order valence-corrected chi connectivity index (χ3v) is 3.69. The van der Waals surface area contributed by atoms with Gasteiger partial charge in [-0.15, -0.1) is 0 Å². The maximum Gasteiger partial charge on any atom is 0.252 e. The molecule has 0 saturated carbocycles. The van der Waals surface area contributed by atoms with E-state index in [9.17, 15) is 9.18 Å². The smallest absolute Gasteiger partial charge is 0.252 e. The molecule has 5 nitrogen and oxygen atoms in total. The van der Waals surface area contributed by atoms with Crippen LogP contribution < -0.4 is 15.1 Å². The number of hydrogen-bond donors (Lipinski definition) is 1. The molecule has 0 saturated heterocycles. The molecular formula is C18H23FN4O. The number of hydrogen-bond acceptors (Lipinski definition) is 4. The minimum absolute atomic E-state index is 0.152. The molecule has 0 atom stereocenters. The van der Waals surface area contributed by atoms with E-state index in [-0.39, 0.29) is 11.7 Å². The zero-order valence-electron chi connectivity index (χ0n) is 14.3. The number of rotatable bonds is 7. The second-order valence-electron chi connectivity index (χ2n) is 5.78. The second-order valence-corrected chi connectivity index (χ2v) is 5.78. The highest BCUT2D eigenvalue weighted by molar-refractivity contribution is 5.94. The minimum atomic E-state index is -0.240. The Kier molecular flexibility index (Phi) is 6.12. The van der Waals surface area contributed by atoms with Gasteiger partial charge in [0.15, 0.2) is 0 Å². The fraction of sp³-hybridized carbons (Fsp3) is 0.333. The Hall–Kier alpha value is -2.63. The predicted molar refractivity (Wildman–Crippen MR) is 95.2 cm³/mol. The number of carbonyl (C=O) groups is 1. The summed E-state index contributed by atoms with van der Waals surface area (Å²) in [4.78, 5) is 20.0. The molecule has 0 radical (unpaired) electrons. The zero-order valence-corrected chi connectivity index (χ0v) is 14.3. The number of nitrogens with zero attached hydrogens (tertiary/aromatic N) is 3. The van der Waals surface area contributed by atoms with Crippen molar-refractivity contribution < 1.29 is 9.18 Å². The number of nitrogens with one attached hydrogen (secondary N) is 1. The summed E-state index contributed by atoms with van der Waals surface area (Å²) in [5.41, 5.74) is 1.09. The molecule has 0 aliphatic rings. The van der Waals surface area contributed by atoms with Crippen LogP contribution in [0.15, 0.2) is 42.6 Å². The largest absolute Gasteiger partial charge is 0.372 e. The van der Waals surface area contributed by atoms with E-state index in [0.717, 1.165) is 12.2 Å². The number of aromatic nitrogens is 1. The number of carbonyl (C=O) groups excluding carboxylic acids is 1. The summed E-state index contributed by atoms with van der Waals surface area (Å²) in [5, 5.41) is 2.86. The molecule has 2 rings (SSSR count). The molecule has 0 aliphatic heterocycles. The molecule has 0 aliphatic carbocycles. The molecular weight excluding hydrogens is 307 g/mol. The van der Waals surface area contributed by atoms with E-state index in [1.54, 1.807) is 36.5 Å². The molecule has 1 aromatic heterocycles. The summed E-state index contributed by atoms with van der Waals surface area (Å²) in [5.74, 6) is 0.413. The number of para-hydroxylation sites is 1. The lowest BCUT2D eigenvalue weighted by molar-refractivity contribution is 0.0953. The molecule has 128 valence electrons. The third kappa shape index (κ3) is 4.68. The molecule has 0 fully saturated rings. The highest BCUT2D eigenvalue weighted by atomic mass is 19.1. The van der Waals surface area contributed by atoms with Gasteiger partial charge < -0.3 is 15.1 Å². The van der Waals surface area contributed by atoms with Crippen LogP contribution in [0.25, 0.3) is 0 Å². The van der Waals surface area contributed by atoms with Crippen LogP contribution in [0.3, 0.4) is 0 Å². The summed E-state index contributed by atoms with van der Waals surface area (Å²) in [6.07, 6.45) is 2.29. The first kappa shape index (κ1) is 17.7. The number of halogens is 1. The number of anilines is 2. The molecule has 0 unspecified atom stereocenters. The van der Waals surface area contributed by atoms with E-state index >= 15 is 0 Å². The van der Waals surface area contributed by atoms with Gasteiger partial charge in [-0.05, 0) is 30.7 Å². The summed E-state index contributed by atoms with van der Waals surface area (Å²) in [7, 11) is 5.63. The summed E-state index contributed by atoms with van der Waals surface area (Å²) >= 11 is 0. The molecule has 6 heteroatoms. The van der Waals surface area contributed by atoms with E-state index in [1.165, 1.54) is 6.07 Å². The number of benzene rings is 1. The lowest BCUT2D eigenvalue weighted by Crippen LogP contribution is -2.28. The van der Waals surface area contributed by atoms with Gasteiger partial charge in [0.2, 0.25) is 0 Å². The van der Waals surface area contributed by atoms with Crippen molar-refractivity contribution in [3.8, 4) is 0 Å². The first-order chi connectivity index (χ1) is 11.5. The van der Waals surface area contributed by atoms with Gasteiger partial charge in [0, 0.05) is 40.4 Å². The fourth-order valence-corrected chi connectivity index (χ4v) is 2.29. The van der Waals surface area contributed by atoms with Gasteiger partial charge in [0.05, 0.1) is 11.3 Å². The van der Waals surface area contributed by atoms with Crippen LogP contribution in [-0.2, 0) is 0 Å². The Balaban J connectivity index is 1.77. The summed E-state index contributed by atoms with van der Waals surface area (Å²) in [6, 6.07) is 10.2. The molecule has 0 bridgehead atoms. The van der Waals surface area contributed by atoms with Crippen LogP contribution in [0.2, 0.25) is 0 Å². The molecule has 1 amide bonds. The van der Waals surface area contributed by atoms with Gasteiger partial charge in [-0.1, -0.05) is 12.1 Å². The number of pyridine rings is 1. The van der Waals surface area contributed by atoms with Crippen LogP contribution in [0.1, 0.15) is 16.8 Å². The van der Waals surface area contributed by atoms with Gasteiger partial charge in [0.25, 0.3) is 5.91 Å². The van der Waals surface area contributed by atoms with E-state index in [4.69, 9.17) is 0 Å². The molecule has 1 N–H and O–H groups in total. The third-order valence-electron chi connectivity index (χ3n) is 3.69. The minimum Gasteiger partial charge on any atom is -0.372 e. The molecule has 24 heavy (non-hydrogen) atoms. The lowest BCUT2D eigenvalue weighted by atomic mass is 10.2. The van der Waals surface area contributed by atoms with Crippen molar-refractivity contribution in [3.05, 3.63) is 54.0 Å². The van der Waals surface area contributed by atoms with Crippen molar-refractivity contribution in [2.24, 2.45) is 0 Å². The first-order valence-electron chi connectivity index (χ1n) is 7.86. The summed E-state index contributed by atoms with van der Waals surface area (Å²) < 4.78 is 13.7. The van der Waals surface area contributed by atoms with Gasteiger partial charge in [-0.3, -0.25) is 4.79 Å². The normalized spacial score (nSPS) is 10.3. The maximum absolute atomic E-state index is 13.7. The van der Waals surface area contributed by atoms with Crippen molar-refractivity contribution >= 4 is 17.4 Å². The van der Waals surface area contributed by atoms with Crippen molar-refractivity contribution in [1.29, 1.82) is 0 Å². The van der Waals surface area contributed by atoms with Crippen LogP contribution in [0.4, 0.5) is 15.9 Å². The average Bonchev–Trinajstić information content (AvgIpc) is 2.58. The monoisotopic (exact) mass is 330 g/mol. The second kappa shape index (κ2) is 8.29. The van der Waals surface area contributed by atoms with Crippen molar-refractivity contribution in [1.82, 2.24) is 10.3 Å². The fourth-order valence-electron chi connectivity index (χ4n) is 2.29. The Labute approximate surface area is 142 Å². The zero-order chi connectivity index (χ0) is 17.5. The quantitative estimate of drug-likeness (QED) is 0.793. The Morgan fingerprint density at radius 1 is 1.17 bits per heavy atom. The van der Waals surface area contributed by atoms with Gasteiger partial charge in [-0.25, -0.2) is 9.37 Å². The van der Waals surface area contributed by atoms with E-state index < -0.39 is 0 Å². The predicted octanol–water partition coefficient (Wildman–Crippen LogP) is 2.54. The average molecular weight is 330 g/mol. The standard InChI is InChI=1S/C18H23FN4O/c1-22(2)17-10-9-14(13-21-17)18(24)20-11-6-12-23(3)16-8-5-4-7-15(16)19/h4-5,7-10,13H,6,11-12H2,1-3H3,(H,20,24). The Morgan fingerprint density at radius 3 is 2.54 bits per heavy atom. The molecule has 1 aromatic carbocycles. The van der Waals surface area contributed by atoms with Crippen LogP contribution >= 0.6 is 0 Å². The van der Waals surface area contributed by atoms with Crippen molar-refractivity contribution in [3.63, 3.8) is 0 Å². The summed E-state index contributed by atoms with van der Waals surface area (Å²) in [6.45, 7) is 1.17. The van der Waals surface area contributed by atoms with E-state index in [1.807, 2.05) is 30.9 Å². The number of amides is 1. The van der Waals surface area contributed by atoms with E-state index in [2.05, 4.69) is 10.3 Å². The van der Waals surface area contributed by atoms with Crippen molar-refractivity contribution in [2.75, 3.05) is 44.0 Å². The lowest BCUT2D eigenvalue weighted by Gasteiger charge is -2.19. The van der Waals surface area contributed by atoms with Gasteiger partial charge in [0.1, 0.15) is 11.6 Å².